The zero-order valence-electron chi connectivity index (χ0n) is 16.2. The molecular formula is C21H32O5. The highest BCUT2D eigenvalue weighted by molar-refractivity contribution is 5.79. The quantitative estimate of drug-likeness (QED) is 0.463. The van der Waals surface area contributed by atoms with Crippen LogP contribution in [0.15, 0.2) is 0 Å². The minimum Gasteiger partial charge on any atom is -0.365 e. The lowest BCUT2D eigenvalue weighted by Crippen LogP contribution is -2.58. The average Bonchev–Trinajstić information content (AvgIpc) is 3.16. The number of ether oxygens (including phenoxy) is 1. The van der Waals surface area contributed by atoms with Gasteiger partial charge >= 0.3 is 0 Å². The van der Waals surface area contributed by atoms with Gasteiger partial charge in [-0.25, -0.2) is 10.1 Å². The fraction of sp³-hybridized carbons (Fsp3) is 0.952. The molecule has 5 aliphatic rings. The number of hydrogen-bond acceptors (Lipinski definition) is 5. The SMILES string of the molecule is CC(=O)[C@H]1CCC2C3C[C@@H]4O[C@@]45C[C@@H](OOO)CC[C@]5(C)C3CC[C@@]21C. The molecule has 0 aromatic heterocycles. The molecule has 4 saturated carbocycles. The van der Waals surface area contributed by atoms with Crippen LogP contribution in [-0.2, 0) is 19.5 Å². The largest absolute Gasteiger partial charge is 0.365 e. The highest BCUT2D eigenvalue weighted by atomic mass is 17.5. The Morgan fingerprint density at radius 2 is 1.92 bits per heavy atom. The van der Waals surface area contributed by atoms with Gasteiger partial charge in [-0.15, -0.1) is 0 Å². The second-order valence-corrected chi connectivity index (χ2v) is 10.3. The van der Waals surface area contributed by atoms with Crippen LogP contribution < -0.4 is 0 Å². The molecule has 0 aromatic carbocycles. The molecule has 1 N–H and O–H groups in total. The summed E-state index contributed by atoms with van der Waals surface area (Å²) >= 11 is 0. The van der Waals surface area contributed by atoms with E-state index >= 15 is 0 Å². The number of rotatable bonds is 3. The minimum atomic E-state index is -0.0814. The van der Waals surface area contributed by atoms with Gasteiger partial charge in [-0.2, -0.15) is 0 Å². The molecule has 26 heavy (non-hydrogen) atoms. The van der Waals surface area contributed by atoms with Crippen molar-refractivity contribution in [2.75, 3.05) is 0 Å². The van der Waals surface area contributed by atoms with Gasteiger partial charge in [0.1, 0.15) is 11.4 Å². The van der Waals surface area contributed by atoms with Crippen molar-refractivity contribution < 1.29 is 24.7 Å². The van der Waals surface area contributed by atoms with Crippen molar-refractivity contribution in [3.8, 4) is 0 Å². The van der Waals surface area contributed by atoms with Gasteiger partial charge in [0.25, 0.3) is 0 Å². The smallest absolute Gasteiger partial charge is 0.133 e. The van der Waals surface area contributed by atoms with Gasteiger partial charge in [-0.3, -0.25) is 4.79 Å². The first-order valence-electron chi connectivity index (χ1n) is 10.5. The Morgan fingerprint density at radius 3 is 2.65 bits per heavy atom. The van der Waals surface area contributed by atoms with E-state index in [4.69, 9.17) is 14.9 Å². The van der Waals surface area contributed by atoms with Crippen LogP contribution in [0.3, 0.4) is 0 Å². The molecule has 1 heterocycles. The van der Waals surface area contributed by atoms with Gasteiger partial charge in [-0.1, -0.05) is 18.9 Å². The molecular weight excluding hydrogens is 332 g/mol. The van der Waals surface area contributed by atoms with Crippen molar-refractivity contribution in [1.29, 1.82) is 0 Å². The monoisotopic (exact) mass is 364 g/mol. The van der Waals surface area contributed by atoms with Crippen LogP contribution in [0.5, 0.6) is 0 Å². The molecule has 5 fully saturated rings. The number of carbonyl (C=O) groups excluding carboxylic acids is 1. The number of fused-ring (bicyclic) bond motifs is 4. The second kappa shape index (κ2) is 5.53. The maximum absolute atomic E-state index is 12.3. The van der Waals surface area contributed by atoms with Crippen LogP contribution >= 0.6 is 0 Å². The van der Waals surface area contributed by atoms with Crippen molar-refractivity contribution in [2.45, 2.75) is 89.9 Å². The van der Waals surface area contributed by atoms with Gasteiger partial charge < -0.3 is 4.74 Å². The highest BCUT2D eigenvalue weighted by Crippen LogP contribution is 2.74. The predicted octanol–water partition coefficient (Wildman–Crippen LogP) is 4.16. The number of carbonyl (C=O) groups is 1. The molecule has 0 aromatic rings. The summed E-state index contributed by atoms with van der Waals surface area (Å²) in [6.07, 6.45) is 8.88. The summed E-state index contributed by atoms with van der Waals surface area (Å²) in [5, 5.41) is 12.7. The van der Waals surface area contributed by atoms with Crippen LogP contribution in [0.1, 0.15) is 72.1 Å². The fourth-order valence-electron chi connectivity index (χ4n) is 8.45. The molecule has 4 aliphatic carbocycles. The Balaban J connectivity index is 1.44. The molecule has 9 atom stereocenters. The molecule has 0 bridgehead atoms. The Morgan fingerprint density at radius 1 is 1.12 bits per heavy atom. The van der Waals surface area contributed by atoms with E-state index in [2.05, 4.69) is 18.9 Å². The number of hydrogen-bond donors (Lipinski definition) is 1. The van der Waals surface area contributed by atoms with Crippen LogP contribution in [0, 0.1) is 34.5 Å². The summed E-state index contributed by atoms with van der Waals surface area (Å²) < 4.78 is 6.41. The molecule has 146 valence electrons. The normalized spacial score (nSPS) is 57.5. The van der Waals surface area contributed by atoms with E-state index in [1.807, 2.05) is 0 Å². The van der Waals surface area contributed by atoms with Crippen molar-refractivity contribution in [1.82, 2.24) is 0 Å². The maximum atomic E-state index is 12.3. The summed E-state index contributed by atoms with van der Waals surface area (Å²) in [5.74, 6) is 2.70. The first kappa shape index (κ1) is 17.6. The van der Waals surface area contributed by atoms with Crippen molar-refractivity contribution in [3.63, 3.8) is 0 Å². The molecule has 1 saturated heterocycles. The Labute approximate surface area is 155 Å². The summed E-state index contributed by atoms with van der Waals surface area (Å²) in [7, 11) is 0. The average molecular weight is 364 g/mol. The number of epoxide rings is 1. The third-order valence-electron chi connectivity index (χ3n) is 9.71. The van der Waals surface area contributed by atoms with Gasteiger partial charge in [-0.05, 0) is 75.0 Å². The molecule has 5 rings (SSSR count). The second-order valence-electron chi connectivity index (χ2n) is 10.3. The Kier molecular flexibility index (Phi) is 3.74. The van der Waals surface area contributed by atoms with E-state index in [9.17, 15) is 4.79 Å². The third kappa shape index (κ3) is 2.04. The maximum Gasteiger partial charge on any atom is 0.133 e. The number of Topliss-reactive ketones (excluding diaryl/α,β-unsaturated/α-hetero) is 1. The number of ketones is 1. The van der Waals surface area contributed by atoms with Crippen LogP contribution in [-0.4, -0.2) is 28.8 Å². The molecule has 5 nitrogen and oxygen atoms in total. The molecule has 5 heteroatoms. The lowest BCUT2D eigenvalue weighted by Gasteiger charge is -2.59. The fourth-order valence-corrected chi connectivity index (χ4v) is 8.45. The zero-order chi connectivity index (χ0) is 18.3. The predicted molar refractivity (Wildman–Crippen MR) is 94.0 cm³/mol. The lowest BCUT2D eigenvalue weighted by molar-refractivity contribution is -0.509. The highest BCUT2D eigenvalue weighted by Gasteiger charge is 2.76. The first-order valence-corrected chi connectivity index (χ1v) is 10.5. The first-order chi connectivity index (χ1) is 12.4. The molecule has 1 aliphatic heterocycles. The standard InChI is InChI=1S/C21H32O5/c1-12(22)15-4-5-16-14-10-18-21(24-18)11-13(25-26-23)6-9-20(21,3)17(14)7-8-19(15,16)2/h13-18,23H,4-11H2,1-3H3/t13-,14?,15+,16?,17?,18-,19+,20+,21-/m0/s1. The van der Waals surface area contributed by atoms with Crippen LogP contribution in [0.4, 0.5) is 0 Å². The van der Waals surface area contributed by atoms with Gasteiger partial charge in [0, 0.05) is 17.8 Å². The van der Waals surface area contributed by atoms with E-state index in [0.717, 1.165) is 32.1 Å². The van der Waals surface area contributed by atoms with Crippen molar-refractivity contribution >= 4 is 5.78 Å². The van der Waals surface area contributed by atoms with Crippen molar-refractivity contribution in [3.05, 3.63) is 0 Å². The summed E-state index contributed by atoms with van der Waals surface area (Å²) in [6, 6.07) is 0. The summed E-state index contributed by atoms with van der Waals surface area (Å²) in [6.45, 7) is 6.64. The minimum absolute atomic E-state index is 0.0722. The molecule has 0 radical (unpaired) electrons. The van der Waals surface area contributed by atoms with Crippen LogP contribution in [0.25, 0.3) is 0 Å². The summed E-state index contributed by atoms with van der Waals surface area (Å²) in [4.78, 5) is 17.3. The molecule has 3 unspecified atom stereocenters. The zero-order valence-corrected chi connectivity index (χ0v) is 16.2. The van der Waals surface area contributed by atoms with Gasteiger partial charge in [0.2, 0.25) is 0 Å². The summed E-state index contributed by atoms with van der Waals surface area (Å²) in [5.41, 5.74) is 0.302. The van der Waals surface area contributed by atoms with E-state index in [1.54, 1.807) is 6.92 Å². The van der Waals surface area contributed by atoms with Gasteiger partial charge in [0.15, 0.2) is 0 Å². The molecule has 0 amide bonds. The lowest BCUT2D eigenvalue weighted by atomic mass is 9.44. The molecule has 1 spiro atoms. The van der Waals surface area contributed by atoms with Crippen LogP contribution in [0.2, 0.25) is 0 Å². The van der Waals surface area contributed by atoms with E-state index < -0.39 is 0 Å². The van der Waals surface area contributed by atoms with Crippen molar-refractivity contribution in [2.24, 2.45) is 34.5 Å². The Bertz CT molecular complexity index is 622. The Hall–Kier alpha value is -0.490. The van der Waals surface area contributed by atoms with E-state index in [0.29, 0.717) is 29.6 Å². The van der Waals surface area contributed by atoms with E-state index in [-0.39, 0.29) is 28.5 Å². The third-order valence-corrected chi connectivity index (χ3v) is 9.71. The van der Waals surface area contributed by atoms with Gasteiger partial charge in [0.05, 0.1) is 12.2 Å². The van der Waals surface area contributed by atoms with E-state index in [1.165, 1.54) is 19.3 Å². The topological polar surface area (TPSA) is 68.3 Å².